The van der Waals surface area contributed by atoms with Crippen molar-refractivity contribution in [3.8, 4) is 0 Å². The molecular weight excluding hydrogens is 268 g/mol. The lowest BCUT2D eigenvalue weighted by atomic mass is 9.86. The molecule has 0 radical (unpaired) electrons. The first kappa shape index (κ1) is 13.8. The Labute approximate surface area is 116 Å². The number of aliphatic carboxylic acids is 1. The van der Waals surface area contributed by atoms with Crippen LogP contribution >= 0.6 is 11.6 Å². The van der Waals surface area contributed by atoms with Crippen molar-refractivity contribution in [3.05, 3.63) is 29.0 Å². The molecule has 0 aliphatic heterocycles. The number of carboxylic acids is 1. The molecule has 1 fully saturated rings. The summed E-state index contributed by atoms with van der Waals surface area (Å²) in [5.41, 5.74) is 0.351. The molecule has 0 bridgehead atoms. The van der Waals surface area contributed by atoms with Crippen LogP contribution in [-0.4, -0.2) is 28.0 Å². The first-order valence-corrected chi connectivity index (χ1v) is 6.60. The zero-order chi connectivity index (χ0) is 13.8. The summed E-state index contributed by atoms with van der Waals surface area (Å²) in [4.78, 5) is 26.7. The van der Waals surface area contributed by atoms with Gasteiger partial charge in [-0.15, -0.1) is 0 Å². The molecule has 0 spiro atoms. The van der Waals surface area contributed by atoms with Gasteiger partial charge in [0, 0.05) is 12.2 Å². The average Bonchev–Trinajstić information content (AvgIpc) is 2.39. The Morgan fingerprint density at radius 1 is 1.32 bits per heavy atom. The third-order valence-corrected chi connectivity index (χ3v) is 3.72. The summed E-state index contributed by atoms with van der Waals surface area (Å²) >= 11 is 5.85. The van der Waals surface area contributed by atoms with Gasteiger partial charge in [-0.1, -0.05) is 11.6 Å². The first-order valence-electron chi connectivity index (χ1n) is 6.22. The third kappa shape index (κ3) is 3.44. The Bertz CT molecular complexity index is 485. The number of amides is 1. The summed E-state index contributed by atoms with van der Waals surface area (Å²) in [6.45, 7) is 0. The molecule has 1 heterocycles. The molecule has 1 aliphatic carbocycles. The number of hydrogen-bond acceptors (Lipinski definition) is 3. The smallest absolute Gasteiger partial charge is 0.306 e. The number of rotatable bonds is 3. The molecule has 5 nitrogen and oxygen atoms in total. The van der Waals surface area contributed by atoms with E-state index in [9.17, 15) is 9.59 Å². The average molecular weight is 283 g/mol. The number of nitrogens with zero attached hydrogens (tertiary/aromatic N) is 1. The summed E-state index contributed by atoms with van der Waals surface area (Å²) in [5.74, 6) is -1.29. The van der Waals surface area contributed by atoms with Crippen LogP contribution in [0.4, 0.5) is 0 Å². The van der Waals surface area contributed by atoms with E-state index >= 15 is 0 Å². The monoisotopic (exact) mass is 282 g/mol. The Balaban J connectivity index is 1.91. The van der Waals surface area contributed by atoms with Gasteiger partial charge in [0.1, 0.15) is 5.15 Å². The topological polar surface area (TPSA) is 79.3 Å². The molecule has 1 aliphatic rings. The number of carbonyl (C=O) groups is 2. The van der Waals surface area contributed by atoms with Crippen LogP contribution < -0.4 is 5.32 Å². The van der Waals surface area contributed by atoms with Crippen molar-refractivity contribution in [3.63, 3.8) is 0 Å². The first-order chi connectivity index (χ1) is 9.08. The zero-order valence-corrected chi connectivity index (χ0v) is 11.1. The minimum Gasteiger partial charge on any atom is -0.481 e. The Morgan fingerprint density at radius 2 is 2.00 bits per heavy atom. The molecule has 6 heteroatoms. The van der Waals surface area contributed by atoms with E-state index in [1.165, 1.54) is 6.20 Å². The molecule has 2 rings (SSSR count). The predicted octanol–water partition coefficient (Wildman–Crippen LogP) is 2.11. The third-order valence-electron chi connectivity index (χ3n) is 3.42. The van der Waals surface area contributed by atoms with Gasteiger partial charge in [0.05, 0.1) is 11.5 Å². The highest BCUT2D eigenvalue weighted by Crippen LogP contribution is 2.24. The van der Waals surface area contributed by atoms with E-state index in [2.05, 4.69) is 10.3 Å². The Hall–Kier alpha value is -1.62. The minimum atomic E-state index is -0.750. The van der Waals surface area contributed by atoms with Crippen LogP contribution in [0.1, 0.15) is 36.0 Å². The van der Waals surface area contributed by atoms with Crippen LogP contribution in [-0.2, 0) is 4.79 Å². The van der Waals surface area contributed by atoms with Crippen LogP contribution in [0.5, 0.6) is 0 Å². The summed E-state index contributed by atoms with van der Waals surface area (Å²) in [6, 6.07) is 3.29. The quantitative estimate of drug-likeness (QED) is 0.832. The lowest BCUT2D eigenvalue weighted by molar-refractivity contribution is -0.142. The molecule has 19 heavy (non-hydrogen) atoms. The normalized spacial score (nSPS) is 22.8. The molecular formula is C13H15ClN2O3. The Morgan fingerprint density at radius 3 is 2.58 bits per heavy atom. The fraction of sp³-hybridized carbons (Fsp3) is 0.462. The van der Waals surface area contributed by atoms with E-state index in [4.69, 9.17) is 16.7 Å². The number of aromatic nitrogens is 1. The molecule has 1 aromatic heterocycles. The van der Waals surface area contributed by atoms with Gasteiger partial charge in [0.15, 0.2) is 0 Å². The standard InChI is InChI=1S/C13H15ClN2O3/c14-11-10(2-1-7-15-11)12(17)16-9-5-3-8(4-6-9)13(18)19/h1-2,7-9H,3-6H2,(H,16,17)(H,18,19). The van der Waals surface area contributed by atoms with Gasteiger partial charge >= 0.3 is 5.97 Å². The van der Waals surface area contributed by atoms with Crippen molar-refractivity contribution in [1.82, 2.24) is 10.3 Å². The van der Waals surface area contributed by atoms with E-state index in [-0.39, 0.29) is 23.0 Å². The van der Waals surface area contributed by atoms with Crippen LogP contribution in [0.2, 0.25) is 5.15 Å². The highest BCUT2D eigenvalue weighted by molar-refractivity contribution is 6.32. The van der Waals surface area contributed by atoms with E-state index in [0.717, 1.165) is 0 Å². The second-order valence-electron chi connectivity index (χ2n) is 4.70. The van der Waals surface area contributed by atoms with Crippen molar-refractivity contribution >= 4 is 23.5 Å². The number of hydrogen-bond donors (Lipinski definition) is 2. The lowest BCUT2D eigenvalue weighted by Crippen LogP contribution is -2.38. The largest absolute Gasteiger partial charge is 0.481 e. The van der Waals surface area contributed by atoms with Crippen molar-refractivity contribution in [2.75, 3.05) is 0 Å². The summed E-state index contributed by atoms with van der Waals surface area (Å²) in [7, 11) is 0. The van der Waals surface area contributed by atoms with Gasteiger partial charge < -0.3 is 10.4 Å². The van der Waals surface area contributed by atoms with Crippen molar-refractivity contribution < 1.29 is 14.7 Å². The molecule has 1 amide bonds. The lowest BCUT2D eigenvalue weighted by Gasteiger charge is -2.26. The maximum absolute atomic E-state index is 12.0. The highest BCUT2D eigenvalue weighted by Gasteiger charge is 2.27. The van der Waals surface area contributed by atoms with Crippen LogP contribution in [0.3, 0.4) is 0 Å². The van der Waals surface area contributed by atoms with Crippen LogP contribution in [0, 0.1) is 5.92 Å². The second-order valence-corrected chi connectivity index (χ2v) is 5.06. The van der Waals surface area contributed by atoms with Gasteiger partial charge in [-0.2, -0.15) is 0 Å². The van der Waals surface area contributed by atoms with Gasteiger partial charge in [0.2, 0.25) is 0 Å². The molecule has 0 atom stereocenters. The van der Waals surface area contributed by atoms with E-state index in [1.807, 2.05) is 0 Å². The Kier molecular flexibility index (Phi) is 4.37. The number of carbonyl (C=O) groups excluding carboxylic acids is 1. The molecule has 2 N–H and O–H groups in total. The number of carboxylic acid groups (broad SMARTS) is 1. The maximum atomic E-state index is 12.0. The fourth-order valence-electron chi connectivity index (χ4n) is 2.30. The van der Waals surface area contributed by atoms with Crippen LogP contribution in [0.25, 0.3) is 0 Å². The molecule has 0 aromatic carbocycles. The minimum absolute atomic E-state index is 0.0133. The highest BCUT2D eigenvalue weighted by atomic mass is 35.5. The van der Waals surface area contributed by atoms with Crippen molar-refractivity contribution in [2.45, 2.75) is 31.7 Å². The molecule has 0 saturated heterocycles. The number of halogens is 1. The van der Waals surface area contributed by atoms with E-state index < -0.39 is 5.97 Å². The fourth-order valence-corrected chi connectivity index (χ4v) is 2.51. The summed E-state index contributed by atoms with van der Waals surface area (Å²) in [6.07, 6.45) is 4.08. The van der Waals surface area contributed by atoms with Gasteiger partial charge in [0.25, 0.3) is 5.91 Å². The van der Waals surface area contributed by atoms with Crippen molar-refractivity contribution in [1.29, 1.82) is 0 Å². The van der Waals surface area contributed by atoms with Crippen LogP contribution in [0.15, 0.2) is 18.3 Å². The van der Waals surface area contributed by atoms with E-state index in [0.29, 0.717) is 31.2 Å². The summed E-state index contributed by atoms with van der Waals surface area (Å²) < 4.78 is 0. The SMILES string of the molecule is O=C(NC1CCC(C(=O)O)CC1)c1cccnc1Cl. The molecule has 0 unspecified atom stereocenters. The zero-order valence-electron chi connectivity index (χ0n) is 10.3. The molecule has 1 saturated carbocycles. The predicted molar refractivity (Wildman–Crippen MR) is 70.1 cm³/mol. The molecule has 102 valence electrons. The molecule has 1 aromatic rings. The van der Waals surface area contributed by atoms with Crippen molar-refractivity contribution in [2.24, 2.45) is 5.92 Å². The van der Waals surface area contributed by atoms with Gasteiger partial charge in [-0.25, -0.2) is 4.98 Å². The maximum Gasteiger partial charge on any atom is 0.306 e. The van der Waals surface area contributed by atoms with E-state index in [1.54, 1.807) is 12.1 Å². The van der Waals surface area contributed by atoms with Gasteiger partial charge in [-0.3, -0.25) is 9.59 Å². The summed E-state index contributed by atoms with van der Waals surface area (Å²) in [5, 5.41) is 12.0. The second kappa shape index (κ2) is 6.02. The van der Waals surface area contributed by atoms with Gasteiger partial charge in [-0.05, 0) is 37.8 Å². The number of pyridine rings is 1. The number of nitrogens with one attached hydrogen (secondary N) is 1.